The highest BCUT2D eigenvalue weighted by Crippen LogP contribution is 2.23. The van der Waals surface area contributed by atoms with Crippen LogP contribution >= 0.6 is 0 Å². The highest BCUT2D eigenvalue weighted by Gasteiger charge is 2.18. The van der Waals surface area contributed by atoms with Gasteiger partial charge in [0.2, 0.25) is 0 Å². The first-order valence-corrected chi connectivity index (χ1v) is 5.96. The van der Waals surface area contributed by atoms with E-state index < -0.39 is 0 Å². The summed E-state index contributed by atoms with van der Waals surface area (Å²) in [6.45, 7) is 10.4. The summed E-state index contributed by atoms with van der Waals surface area (Å²) in [6, 6.07) is 6.15. The number of ketones is 1. The van der Waals surface area contributed by atoms with Gasteiger partial charge in [-0.15, -0.1) is 0 Å². The second kappa shape index (κ2) is 4.82. The van der Waals surface area contributed by atoms with Gasteiger partial charge in [0.25, 0.3) is 0 Å². The second-order valence-electron chi connectivity index (χ2n) is 5.66. The van der Waals surface area contributed by atoms with Gasteiger partial charge in [0.05, 0.1) is 0 Å². The van der Waals surface area contributed by atoms with E-state index in [-0.39, 0.29) is 11.2 Å². The van der Waals surface area contributed by atoms with Crippen LogP contribution in [0.4, 0.5) is 0 Å². The third-order valence-electron chi connectivity index (χ3n) is 2.69. The molecule has 0 fully saturated rings. The fourth-order valence-electron chi connectivity index (χ4n) is 1.84. The number of Topliss-reactive ketones (excluding diaryl/α,β-unsaturated/α-hetero) is 1. The molecule has 0 aliphatic heterocycles. The lowest BCUT2D eigenvalue weighted by molar-refractivity contribution is 0.0939. The minimum Gasteiger partial charge on any atom is -0.294 e. The highest BCUT2D eigenvalue weighted by molar-refractivity contribution is 5.97. The topological polar surface area (TPSA) is 17.1 Å². The van der Waals surface area contributed by atoms with Crippen molar-refractivity contribution in [3.63, 3.8) is 0 Å². The average molecular weight is 218 g/mol. The summed E-state index contributed by atoms with van der Waals surface area (Å²) < 4.78 is 0. The lowest BCUT2D eigenvalue weighted by atomic mass is 9.86. The van der Waals surface area contributed by atoms with E-state index in [1.165, 1.54) is 5.56 Å². The van der Waals surface area contributed by atoms with Gasteiger partial charge in [-0.1, -0.05) is 45.9 Å². The van der Waals surface area contributed by atoms with Crippen LogP contribution in [0.2, 0.25) is 0 Å². The largest absolute Gasteiger partial charge is 0.294 e. The zero-order valence-electron chi connectivity index (χ0n) is 11.1. The van der Waals surface area contributed by atoms with Crippen molar-refractivity contribution in [2.45, 2.75) is 47.5 Å². The van der Waals surface area contributed by atoms with Crippen LogP contribution in [-0.2, 0) is 6.42 Å². The van der Waals surface area contributed by atoms with Gasteiger partial charge >= 0.3 is 0 Å². The molecule has 0 atom stereocenters. The fraction of sp³-hybridized carbons (Fsp3) is 0.533. The van der Waals surface area contributed by atoms with E-state index in [9.17, 15) is 4.79 Å². The summed E-state index contributed by atoms with van der Waals surface area (Å²) in [7, 11) is 0. The minimum absolute atomic E-state index is 0.0625. The van der Waals surface area contributed by atoms with Crippen LogP contribution < -0.4 is 0 Å². The first-order valence-electron chi connectivity index (χ1n) is 5.96. The van der Waals surface area contributed by atoms with Crippen molar-refractivity contribution in [2.24, 2.45) is 5.41 Å². The number of benzene rings is 1. The number of carbonyl (C=O) groups is 1. The van der Waals surface area contributed by atoms with Crippen LogP contribution in [-0.4, -0.2) is 5.78 Å². The molecule has 0 spiro atoms. The maximum Gasteiger partial charge on any atom is 0.163 e. The molecule has 1 heteroatoms. The number of carbonyl (C=O) groups excluding carboxylic acids is 1. The first kappa shape index (κ1) is 13.0. The Labute approximate surface area is 98.9 Å². The van der Waals surface area contributed by atoms with Crippen LogP contribution in [0, 0.1) is 12.3 Å². The van der Waals surface area contributed by atoms with Crippen molar-refractivity contribution in [1.29, 1.82) is 0 Å². The highest BCUT2D eigenvalue weighted by atomic mass is 16.1. The molecule has 0 N–H and O–H groups in total. The Morgan fingerprint density at radius 1 is 1.25 bits per heavy atom. The predicted octanol–water partition coefficient (Wildman–Crippen LogP) is 4.18. The molecule has 0 aliphatic rings. The fourth-order valence-corrected chi connectivity index (χ4v) is 1.84. The molecule has 1 aromatic carbocycles. The van der Waals surface area contributed by atoms with Gasteiger partial charge in [0.1, 0.15) is 0 Å². The van der Waals surface area contributed by atoms with Crippen LogP contribution in [0.15, 0.2) is 18.2 Å². The summed E-state index contributed by atoms with van der Waals surface area (Å²) in [5, 5.41) is 0. The van der Waals surface area contributed by atoms with E-state index in [0.29, 0.717) is 6.42 Å². The van der Waals surface area contributed by atoms with E-state index in [0.717, 1.165) is 17.5 Å². The number of hydrogen-bond donors (Lipinski definition) is 0. The van der Waals surface area contributed by atoms with Gasteiger partial charge in [0.15, 0.2) is 5.78 Å². The van der Waals surface area contributed by atoms with E-state index in [4.69, 9.17) is 0 Å². The maximum atomic E-state index is 12.1. The molecular formula is C15H22O. The van der Waals surface area contributed by atoms with Crippen molar-refractivity contribution < 1.29 is 4.79 Å². The van der Waals surface area contributed by atoms with Gasteiger partial charge in [0, 0.05) is 12.0 Å². The third kappa shape index (κ3) is 3.48. The van der Waals surface area contributed by atoms with Crippen molar-refractivity contribution in [3.8, 4) is 0 Å². The molecule has 0 unspecified atom stereocenters. The molecule has 0 saturated heterocycles. The van der Waals surface area contributed by atoms with E-state index >= 15 is 0 Å². The summed E-state index contributed by atoms with van der Waals surface area (Å²) in [5.74, 6) is 0.257. The maximum absolute atomic E-state index is 12.1. The standard InChI is InChI=1S/C15H22O/c1-6-12-7-8-13(11(2)9-12)14(16)10-15(3,4)5/h7-9H,6,10H2,1-5H3. The zero-order valence-corrected chi connectivity index (χ0v) is 11.1. The Hall–Kier alpha value is -1.11. The molecular weight excluding hydrogens is 196 g/mol. The summed E-state index contributed by atoms with van der Waals surface area (Å²) in [5.41, 5.74) is 3.35. The normalized spacial score (nSPS) is 11.6. The van der Waals surface area contributed by atoms with Crippen LogP contribution in [0.25, 0.3) is 0 Å². The molecule has 1 aromatic rings. The second-order valence-corrected chi connectivity index (χ2v) is 5.66. The van der Waals surface area contributed by atoms with Gasteiger partial charge in [-0.2, -0.15) is 0 Å². The van der Waals surface area contributed by atoms with Gasteiger partial charge < -0.3 is 0 Å². The molecule has 0 aliphatic carbocycles. The zero-order chi connectivity index (χ0) is 12.3. The third-order valence-corrected chi connectivity index (χ3v) is 2.69. The van der Waals surface area contributed by atoms with Crippen LogP contribution in [0.5, 0.6) is 0 Å². The Kier molecular flexibility index (Phi) is 3.90. The summed E-state index contributed by atoms with van der Waals surface area (Å²) >= 11 is 0. The van der Waals surface area contributed by atoms with Crippen molar-refractivity contribution in [1.82, 2.24) is 0 Å². The predicted molar refractivity (Wildman–Crippen MR) is 69.0 cm³/mol. The quantitative estimate of drug-likeness (QED) is 0.696. The lowest BCUT2D eigenvalue weighted by Crippen LogP contribution is -2.14. The van der Waals surface area contributed by atoms with Crippen LogP contribution in [0.1, 0.15) is 55.6 Å². The minimum atomic E-state index is 0.0625. The Morgan fingerprint density at radius 2 is 1.88 bits per heavy atom. The molecule has 0 saturated carbocycles. The molecule has 0 amide bonds. The lowest BCUT2D eigenvalue weighted by Gasteiger charge is -2.17. The Bertz CT molecular complexity index is 383. The monoisotopic (exact) mass is 218 g/mol. The van der Waals surface area contributed by atoms with Crippen molar-refractivity contribution in [2.75, 3.05) is 0 Å². The molecule has 88 valence electrons. The van der Waals surface area contributed by atoms with E-state index in [1.807, 2.05) is 13.0 Å². The molecule has 1 rings (SSSR count). The van der Waals surface area contributed by atoms with E-state index in [2.05, 4.69) is 39.8 Å². The number of aryl methyl sites for hydroxylation is 2. The SMILES string of the molecule is CCc1ccc(C(=O)CC(C)(C)C)c(C)c1. The molecule has 0 heterocycles. The Morgan fingerprint density at radius 3 is 2.31 bits per heavy atom. The molecule has 0 radical (unpaired) electrons. The molecule has 0 aromatic heterocycles. The van der Waals surface area contributed by atoms with E-state index in [1.54, 1.807) is 0 Å². The smallest absolute Gasteiger partial charge is 0.163 e. The van der Waals surface area contributed by atoms with Crippen molar-refractivity contribution >= 4 is 5.78 Å². The summed E-state index contributed by atoms with van der Waals surface area (Å²) in [6.07, 6.45) is 1.63. The Balaban J connectivity index is 2.93. The molecule has 0 bridgehead atoms. The van der Waals surface area contributed by atoms with Gasteiger partial charge in [-0.3, -0.25) is 4.79 Å². The van der Waals surface area contributed by atoms with Gasteiger partial charge in [-0.25, -0.2) is 0 Å². The summed E-state index contributed by atoms with van der Waals surface area (Å²) in [4.78, 5) is 12.1. The molecule has 1 nitrogen and oxygen atoms in total. The van der Waals surface area contributed by atoms with Crippen molar-refractivity contribution in [3.05, 3.63) is 34.9 Å². The number of hydrogen-bond acceptors (Lipinski definition) is 1. The molecule has 16 heavy (non-hydrogen) atoms. The average Bonchev–Trinajstić information content (AvgIpc) is 2.14. The van der Waals surface area contributed by atoms with Crippen LogP contribution in [0.3, 0.4) is 0 Å². The number of rotatable bonds is 3. The van der Waals surface area contributed by atoms with Gasteiger partial charge in [-0.05, 0) is 29.9 Å². The first-order chi connectivity index (χ1) is 7.33.